The Kier molecular flexibility index (Phi) is 4.30. The van der Waals surface area contributed by atoms with Gasteiger partial charge in [0.05, 0.1) is 11.9 Å². The fourth-order valence-corrected chi connectivity index (χ4v) is 2.65. The van der Waals surface area contributed by atoms with Gasteiger partial charge in [0.25, 0.3) is 0 Å². The highest BCUT2D eigenvalue weighted by Crippen LogP contribution is 2.26. The molecule has 0 spiro atoms. The Hall–Kier alpha value is -1.00. The van der Waals surface area contributed by atoms with Crippen molar-refractivity contribution < 1.29 is 4.39 Å². The van der Waals surface area contributed by atoms with E-state index in [-0.39, 0.29) is 17.9 Å². The topological polar surface area (TPSA) is 42.1 Å². The highest BCUT2D eigenvalue weighted by Gasteiger charge is 2.25. The Balaban J connectivity index is 1.95. The molecule has 100 valence electrons. The molecule has 0 saturated carbocycles. The average Bonchev–Trinajstić information content (AvgIpc) is 2.39. The van der Waals surface area contributed by atoms with E-state index >= 15 is 0 Å². The minimum Gasteiger partial charge on any atom is -0.328 e. The number of rotatable bonds is 3. The molecule has 1 aliphatic rings. The fraction of sp³-hybridized carbons (Fsp3) is 0.643. The van der Waals surface area contributed by atoms with Crippen LogP contribution >= 0.6 is 0 Å². The maximum atomic E-state index is 12.8. The van der Waals surface area contributed by atoms with Gasteiger partial charge >= 0.3 is 0 Å². The third-order valence-corrected chi connectivity index (χ3v) is 4.04. The van der Waals surface area contributed by atoms with Gasteiger partial charge in [-0.25, -0.2) is 4.39 Å². The van der Waals surface area contributed by atoms with Crippen molar-refractivity contribution in [3.63, 3.8) is 0 Å². The van der Waals surface area contributed by atoms with Gasteiger partial charge in [0.15, 0.2) is 0 Å². The Bertz CT molecular complexity index is 369. The van der Waals surface area contributed by atoms with Crippen molar-refractivity contribution in [3.05, 3.63) is 29.8 Å². The van der Waals surface area contributed by atoms with Crippen LogP contribution in [0, 0.1) is 11.7 Å². The van der Waals surface area contributed by atoms with Gasteiger partial charge in [-0.15, -0.1) is 0 Å². The molecule has 2 heterocycles. The first-order chi connectivity index (χ1) is 8.58. The van der Waals surface area contributed by atoms with Gasteiger partial charge < -0.3 is 5.73 Å². The summed E-state index contributed by atoms with van der Waals surface area (Å²) in [6.45, 7) is 6.32. The maximum Gasteiger partial charge on any atom is 0.141 e. The zero-order valence-corrected chi connectivity index (χ0v) is 11.1. The standard InChI is InChI=1S/C14H22FN3/c1-10(16)12-5-7-18(8-6-12)11(2)14-4-3-13(15)9-17-14/h3-4,9-12H,5-8,16H2,1-2H3. The van der Waals surface area contributed by atoms with Crippen LogP contribution in [0.15, 0.2) is 18.3 Å². The Morgan fingerprint density at radius 3 is 2.50 bits per heavy atom. The predicted octanol–water partition coefficient (Wildman–Crippen LogP) is 2.34. The number of nitrogens with two attached hydrogens (primary N) is 1. The largest absolute Gasteiger partial charge is 0.328 e. The Labute approximate surface area is 108 Å². The summed E-state index contributed by atoms with van der Waals surface area (Å²) in [5, 5.41) is 0. The van der Waals surface area contributed by atoms with E-state index in [1.54, 1.807) is 6.07 Å². The monoisotopic (exact) mass is 251 g/mol. The Morgan fingerprint density at radius 1 is 1.33 bits per heavy atom. The Morgan fingerprint density at radius 2 is 2.00 bits per heavy atom. The van der Waals surface area contributed by atoms with E-state index in [1.165, 1.54) is 12.3 Å². The van der Waals surface area contributed by atoms with Gasteiger partial charge in [-0.1, -0.05) is 0 Å². The molecule has 0 radical (unpaired) electrons. The van der Waals surface area contributed by atoms with Crippen LogP contribution in [0.5, 0.6) is 0 Å². The molecule has 1 aromatic heterocycles. The van der Waals surface area contributed by atoms with Crippen LogP contribution in [0.2, 0.25) is 0 Å². The van der Waals surface area contributed by atoms with Crippen molar-refractivity contribution in [2.75, 3.05) is 13.1 Å². The number of halogens is 1. The van der Waals surface area contributed by atoms with E-state index in [0.29, 0.717) is 5.92 Å². The molecule has 2 N–H and O–H groups in total. The van der Waals surface area contributed by atoms with Crippen LogP contribution in [-0.2, 0) is 0 Å². The average molecular weight is 251 g/mol. The molecule has 2 rings (SSSR count). The van der Waals surface area contributed by atoms with Crippen LogP contribution in [0.1, 0.15) is 38.4 Å². The first-order valence-electron chi connectivity index (χ1n) is 6.69. The van der Waals surface area contributed by atoms with Crippen molar-refractivity contribution in [2.24, 2.45) is 11.7 Å². The van der Waals surface area contributed by atoms with Crippen molar-refractivity contribution in [3.8, 4) is 0 Å². The second-order valence-electron chi connectivity index (χ2n) is 5.31. The predicted molar refractivity (Wildman–Crippen MR) is 70.6 cm³/mol. The molecule has 3 nitrogen and oxygen atoms in total. The van der Waals surface area contributed by atoms with Crippen LogP contribution < -0.4 is 5.73 Å². The van der Waals surface area contributed by atoms with Gasteiger partial charge in [-0.3, -0.25) is 9.88 Å². The second kappa shape index (κ2) is 5.76. The number of hydrogen-bond donors (Lipinski definition) is 1. The van der Waals surface area contributed by atoms with E-state index < -0.39 is 0 Å². The van der Waals surface area contributed by atoms with Crippen LogP contribution in [0.25, 0.3) is 0 Å². The first kappa shape index (κ1) is 13.4. The third-order valence-electron chi connectivity index (χ3n) is 4.04. The molecular weight excluding hydrogens is 229 g/mol. The number of piperidine rings is 1. The number of likely N-dealkylation sites (tertiary alicyclic amines) is 1. The summed E-state index contributed by atoms with van der Waals surface area (Å²) in [4.78, 5) is 6.57. The van der Waals surface area contributed by atoms with Gasteiger partial charge in [0.1, 0.15) is 5.82 Å². The fourth-order valence-electron chi connectivity index (χ4n) is 2.65. The van der Waals surface area contributed by atoms with E-state index in [0.717, 1.165) is 31.6 Å². The molecule has 0 amide bonds. The minimum absolute atomic E-state index is 0.250. The molecule has 0 aromatic carbocycles. The van der Waals surface area contributed by atoms with Crippen LogP contribution in [-0.4, -0.2) is 29.0 Å². The zero-order chi connectivity index (χ0) is 13.1. The van der Waals surface area contributed by atoms with Crippen molar-refractivity contribution >= 4 is 0 Å². The zero-order valence-electron chi connectivity index (χ0n) is 11.1. The molecule has 1 aromatic rings. The normalized spacial score (nSPS) is 21.8. The molecular formula is C14H22FN3. The number of aromatic nitrogens is 1. The lowest BCUT2D eigenvalue weighted by Crippen LogP contribution is -2.40. The van der Waals surface area contributed by atoms with Crippen molar-refractivity contribution in [1.82, 2.24) is 9.88 Å². The summed E-state index contributed by atoms with van der Waals surface area (Å²) in [7, 11) is 0. The summed E-state index contributed by atoms with van der Waals surface area (Å²) < 4.78 is 12.8. The number of hydrogen-bond acceptors (Lipinski definition) is 3. The van der Waals surface area contributed by atoms with Crippen LogP contribution in [0.3, 0.4) is 0 Å². The van der Waals surface area contributed by atoms with Crippen molar-refractivity contribution in [2.45, 2.75) is 38.8 Å². The minimum atomic E-state index is -0.276. The highest BCUT2D eigenvalue weighted by molar-refractivity contribution is 5.09. The molecule has 0 bridgehead atoms. The lowest BCUT2D eigenvalue weighted by molar-refractivity contribution is 0.130. The van der Waals surface area contributed by atoms with E-state index in [9.17, 15) is 4.39 Å². The molecule has 2 unspecified atom stereocenters. The lowest BCUT2D eigenvalue weighted by atomic mass is 9.90. The number of pyridine rings is 1. The third kappa shape index (κ3) is 3.06. The first-order valence-corrected chi connectivity index (χ1v) is 6.69. The smallest absolute Gasteiger partial charge is 0.141 e. The van der Waals surface area contributed by atoms with E-state index in [2.05, 4.69) is 23.7 Å². The van der Waals surface area contributed by atoms with E-state index in [4.69, 9.17) is 5.73 Å². The molecule has 4 heteroatoms. The summed E-state index contributed by atoms with van der Waals surface area (Å²) in [6, 6.07) is 3.79. The van der Waals surface area contributed by atoms with Crippen molar-refractivity contribution in [1.29, 1.82) is 0 Å². The van der Waals surface area contributed by atoms with Crippen LogP contribution in [0.4, 0.5) is 4.39 Å². The summed E-state index contributed by atoms with van der Waals surface area (Å²) in [6.07, 6.45) is 3.58. The van der Waals surface area contributed by atoms with Gasteiger partial charge in [-0.05, 0) is 57.8 Å². The lowest BCUT2D eigenvalue weighted by Gasteiger charge is -2.37. The molecule has 2 atom stereocenters. The molecule has 1 aliphatic heterocycles. The molecule has 1 fully saturated rings. The molecule has 0 aliphatic carbocycles. The quantitative estimate of drug-likeness (QED) is 0.896. The highest BCUT2D eigenvalue weighted by atomic mass is 19.1. The molecule has 1 saturated heterocycles. The van der Waals surface area contributed by atoms with Gasteiger partial charge in [0, 0.05) is 12.1 Å². The maximum absolute atomic E-state index is 12.8. The summed E-state index contributed by atoms with van der Waals surface area (Å²) >= 11 is 0. The van der Waals surface area contributed by atoms with E-state index in [1.807, 2.05) is 0 Å². The number of nitrogens with zero attached hydrogens (tertiary/aromatic N) is 2. The molecule has 18 heavy (non-hydrogen) atoms. The second-order valence-corrected chi connectivity index (χ2v) is 5.31. The summed E-state index contributed by atoms with van der Waals surface area (Å²) in [5.41, 5.74) is 6.88. The SMILES string of the molecule is CC(N)C1CCN(C(C)c2ccc(F)cn2)CC1. The van der Waals surface area contributed by atoms with Gasteiger partial charge in [0.2, 0.25) is 0 Å². The summed E-state index contributed by atoms with van der Waals surface area (Å²) in [5.74, 6) is 0.358. The van der Waals surface area contributed by atoms with Gasteiger partial charge in [-0.2, -0.15) is 0 Å².